The number of hydrogen-bond donors (Lipinski definition) is 1. The van der Waals surface area contributed by atoms with E-state index in [1.165, 1.54) is 0 Å². The molecule has 1 N–H and O–H groups in total. The molecule has 0 radical (unpaired) electrons. The lowest BCUT2D eigenvalue weighted by Crippen LogP contribution is -2.11. The third-order valence-electron chi connectivity index (χ3n) is 3.11. The summed E-state index contributed by atoms with van der Waals surface area (Å²) in [6.07, 6.45) is -0.696. The Morgan fingerprint density at radius 2 is 1.67 bits per heavy atom. The molecule has 0 spiro atoms. The largest absolute Gasteiger partial charge is 0.369 e. The van der Waals surface area contributed by atoms with Crippen LogP contribution in [-0.4, -0.2) is 14.7 Å². The van der Waals surface area contributed by atoms with Crippen molar-refractivity contribution in [2.75, 3.05) is 0 Å². The van der Waals surface area contributed by atoms with Gasteiger partial charge in [-0.05, 0) is 19.1 Å². The first-order chi connectivity index (χ1) is 8.77. The van der Waals surface area contributed by atoms with Gasteiger partial charge in [0.1, 0.15) is 5.82 Å². The minimum Gasteiger partial charge on any atom is -0.369 e. The molecule has 0 saturated heterocycles. The number of aromatic nitrogens is 2. The SMILES string of the molecule is Cc1nc2ccccc2n1C(O)c1ccccc1. The molecule has 90 valence electrons. The van der Waals surface area contributed by atoms with Gasteiger partial charge in [0.15, 0.2) is 6.23 Å². The van der Waals surface area contributed by atoms with Crippen LogP contribution in [0.5, 0.6) is 0 Å². The van der Waals surface area contributed by atoms with E-state index in [0.29, 0.717) is 0 Å². The Labute approximate surface area is 105 Å². The fraction of sp³-hybridized carbons (Fsp3) is 0.133. The minimum atomic E-state index is -0.696. The van der Waals surface area contributed by atoms with Crippen LogP contribution in [-0.2, 0) is 0 Å². The molecule has 3 rings (SSSR count). The van der Waals surface area contributed by atoms with Gasteiger partial charge in [-0.15, -0.1) is 0 Å². The lowest BCUT2D eigenvalue weighted by molar-refractivity contribution is 0.148. The summed E-state index contributed by atoms with van der Waals surface area (Å²) < 4.78 is 1.85. The van der Waals surface area contributed by atoms with Crippen LogP contribution in [0.2, 0.25) is 0 Å². The van der Waals surface area contributed by atoms with Gasteiger partial charge in [0.2, 0.25) is 0 Å². The highest BCUT2D eigenvalue weighted by atomic mass is 16.3. The zero-order chi connectivity index (χ0) is 12.5. The predicted octanol–water partition coefficient (Wildman–Crippen LogP) is 2.88. The van der Waals surface area contributed by atoms with Crippen molar-refractivity contribution in [3.05, 3.63) is 66.0 Å². The molecule has 18 heavy (non-hydrogen) atoms. The molecule has 1 atom stereocenters. The Balaban J connectivity index is 2.17. The number of aliphatic hydroxyl groups excluding tert-OH is 1. The van der Waals surface area contributed by atoms with E-state index in [1.807, 2.05) is 66.1 Å². The van der Waals surface area contributed by atoms with E-state index in [0.717, 1.165) is 22.4 Å². The molecule has 3 heteroatoms. The van der Waals surface area contributed by atoms with Crippen LogP contribution >= 0.6 is 0 Å². The summed E-state index contributed by atoms with van der Waals surface area (Å²) in [4.78, 5) is 4.46. The monoisotopic (exact) mass is 238 g/mol. The van der Waals surface area contributed by atoms with E-state index in [2.05, 4.69) is 4.98 Å². The summed E-state index contributed by atoms with van der Waals surface area (Å²) in [7, 11) is 0. The van der Waals surface area contributed by atoms with Crippen molar-refractivity contribution < 1.29 is 5.11 Å². The molecule has 3 aromatic rings. The van der Waals surface area contributed by atoms with Crippen molar-refractivity contribution >= 4 is 11.0 Å². The van der Waals surface area contributed by atoms with Crippen LogP contribution < -0.4 is 0 Å². The molecule has 0 aliphatic carbocycles. The Kier molecular flexibility index (Phi) is 2.61. The summed E-state index contributed by atoms with van der Waals surface area (Å²) in [5.41, 5.74) is 2.72. The summed E-state index contributed by atoms with van der Waals surface area (Å²) >= 11 is 0. The second-order valence-corrected chi connectivity index (χ2v) is 4.30. The fourth-order valence-corrected chi connectivity index (χ4v) is 2.25. The average molecular weight is 238 g/mol. The number of hydrogen-bond acceptors (Lipinski definition) is 2. The number of aliphatic hydroxyl groups is 1. The number of nitrogens with zero attached hydrogens (tertiary/aromatic N) is 2. The van der Waals surface area contributed by atoms with Gasteiger partial charge in [-0.25, -0.2) is 4.98 Å². The zero-order valence-corrected chi connectivity index (χ0v) is 10.1. The highest BCUT2D eigenvalue weighted by Gasteiger charge is 2.15. The lowest BCUT2D eigenvalue weighted by Gasteiger charge is -2.15. The van der Waals surface area contributed by atoms with Crippen molar-refractivity contribution in [2.24, 2.45) is 0 Å². The number of rotatable bonds is 2. The van der Waals surface area contributed by atoms with Crippen molar-refractivity contribution in [1.29, 1.82) is 0 Å². The molecule has 1 aromatic heterocycles. The summed E-state index contributed by atoms with van der Waals surface area (Å²) in [6, 6.07) is 17.5. The molecule has 0 saturated carbocycles. The molecule has 0 fully saturated rings. The first kappa shape index (κ1) is 11.0. The average Bonchev–Trinajstić information content (AvgIpc) is 2.75. The highest BCUT2D eigenvalue weighted by molar-refractivity contribution is 5.76. The van der Waals surface area contributed by atoms with Gasteiger partial charge < -0.3 is 5.11 Å². The molecule has 0 amide bonds. The molecule has 3 nitrogen and oxygen atoms in total. The third-order valence-corrected chi connectivity index (χ3v) is 3.11. The Morgan fingerprint density at radius 1 is 1.00 bits per heavy atom. The maximum Gasteiger partial charge on any atom is 0.158 e. The first-order valence-electron chi connectivity index (χ1n) is 5.94. The maximum atomic E-state index is 10.5. The van der Waals surface area contributed by atoms with E-state index >= 15 is 0 Å². The fourth-order valence-electron chi connectivity index (χ4n) is 2.25. The second kappa shape index (κ2) is 4.27. The van der Waals surface area contributed by atoms with E-state index in [1.54, 1.807) is 0 Å². The van der Waals surface area contributed by atoms with E-state index in [-0.39, 0.29) is 0 Å². The van der Waals surface area contributed by atoms with Gasteiger partial charge in [-0.2, -0.15) is 0 Å². The molecule has 1 unspecified atom stereocenters. The van der Waals surface area contributed by atoms with Gasteiger partial charge in [-0.3, -0.25) is 4.57 Å². The topological polar surface area (TPSA) is 38.0 Å². The number of aryl methyl sites for hydroxylation is 1. The second-order valence-electron chi connectivity index (χ2n) is 4.30. The molecular weight excluding hydrogens is 224 g/mol. The lowest BCUT2D eigenvalue weighted by atomic mass is 10.2. The molecule has 0 aliphatic rings. The maximum absolute atomic E-state index is 10.5. The van der Waals surface area contributed by atoms with Gasteiger partial charge >= 0.3 is 0 Å². The molecule has 0 aliphatic heterocycles. The number of benzene rings is 2. The van der Waals surface area contributed by atoms with Gasteiger partial charge in [0.25, 0.3) is 0 Å². The highest BCUT2D eigenvalue weighted by Crippen LogP contribution is 2.23. The summed E-state index contributed by atoms with van der Waals surface area (Å²) in [5.74, 6) is 0.813. The zero-order valence-electron chi connectivity index (χ0n) is 10.1. The van der Waals surface area contributed by atoms with Gasteiger partial charge in [0, 0.05) is 5.56 Å². The van der Waals surface area contributed by atoms with Crippen LogP contribution in [0.15, 0.2) is 54.6 Å². The number of imidazole rings is 1. The van der Waals surface area contributed by atoms with E-state index in [9.17, 15) is 5.11 Å². The van der Waals surface area contributed by atoms with Gasteiger partial charge in [-0.1, -0.05) is 42.5 Å². The predicted molar refractivity (Wildman–Crippen MR) is 71.3 cm³/mol. The molecule has 0 bridgehead atoms. The smallest absolute Gasteiger partial charge is 0.158 e. The van der Waals surface area contributed by atoms with Crippen LogP contribution in [0.3, 0.4) is 0 Å². The minimum absolute atomic E-state index is 0.696. The molecule has 1 heterocycles. The summed E-state index contributed by atoms with van der Waals surface area (Å²) in [6.45, 7) is 1.91. The Hall–Kier alpha value is -2.13. The van der Waals surface area contributed by atoms with Crippen molar-refractivity contribution in [3.63, 3.8) is 0 Å². The third kappa shape index (κ3) is 1.69. The van der Waals surface area contributed by atoms with E-state index in [4.69, 9.17) is 0 Å². The molecular formula is C15H14N2O. The van der Waals surface area contributed by atoms with Crippen LogP contribution in [0, 0.1) is 6.92 Å². The number of fused-ring (bicyclic) bond motifs is 1. The van der Waals surface area contributed by atoms with Crippen molar-refractivity contribution in [1.82, 2.24) is 9.55 Å². The first-order valence-corrected chi connectivity index (χ1v) is 5.94. The standard InChI is InChI=1S/C15H14N2O/c1-11-16-13-9-5-6-10-14(13)17(11)15(18)12-7-3-2-4-8-12/h2-10,15,18H,1H3. The van der Waals surface area contributed by atoms with Gasteiger partial charge in [0.05, 0.1) is 11.0 Å². The van der Waals surface area contributed by atoms with Crippen LogP contribution in [0.4, 0.5) is 0 Å². The van der Waals surface area contributed by atoms with E-state index < -0.39 is 6.23 Å². The Bertz CT molecular complexity index is 673. The van der Waals surface area contributed by atoms with Crippen LogP contribution in [0.1, 0.15) is 17.6 Å². The van der Waals surface area contributed by atoms with Crippen molar-refractivity contribution in [2.45, 2.75) is 13.2 Å². The Morgan fingerprint density at radius 3 is 2.44 bits per heavy atom. The van der Waals surface area contributed by atoms with Crippen LogP contribution in [0.25, 0.3) is 11.0 Å². The quantitative estimate of drug-likeness (QED) is 0.745. The summed E-state index contributed by atoms with van der Waals surface area (Å²) in [5, 5.41) is 10.5. The molecule has 2 aromatic carbocycles. The van der Waals surface area contributed by atoms with Crippen molar-refractivity contribution in [3.8, 4) is 0 Å². The normalized spacial score (nSPS) is 12.8. The number of para-hydroxylation sites is 2.